The lowest BCUT2D eigenvalue weighted by Crippen LogP contribution is -2.28. The summed E-state index contributed by atoms with van der Waals surface area (Å²) in [5.74, 6) is -1.69. The molecule has 0 fully saturated rings. The number of alkyl halides is 3. The van der Waals surface area contributed by atoms with Crippen molar-refractivity contribution < 1.29 is 22.4 Å². The van der Waals surface area contributed by atoms with Crippen molar-refractivity contribution in [3.63, 3.8) is 0 Å². The van der Waals surface area contributed by atoms with E-state index in [0.29, 0.717) is 12.3 Å². The van der Waals surface area contributed by atoms with Crippen LogP contribution in [0.15, 0.2) is 53.5 Å². The summed E-state index contributed by atoms with van der Waals surface area (Å²) in [7, 11) is 0. The molecule has 11 heteroatoms. The molecule has 0 unspecified atom stereocenters. The number of rotatable bonds is 4. The number of hydrogen-bond acceptors (Lipinski definition) is 2. The minimum absolute atomic E-state index is 0.153. The van der Waals surface area contributed by atoms with Gasteiger partial charge in [-0.05, 0) is 36.4 Å². The van der Waals surface area contributed by atoms with E-state index in [1.807, 2.05) is 0 Å². The highest BCUT2D eigenvalue weighted by atomic mass is 35.5. The van der Waals surface area contributed by atoms with Crippen LogP contribution in [0, 0.1) is 5.82 Å². The molecule has 0 saturated heterocycles. The summed E-state index contributed by atoms with van der Waals surface area (Å²) >= 11 is 17.9. The zero-order valence-electron chi connectivity index (χ0n) is 15.2. The van der Waals surface area contributed by atoms with E-state index in [-0.39, 0.29) is 32.7 Å². The summed E-state index contributed by atoms with van der Waals surface area (Å²) in [4.78, 5) is 25.2. The van der Waals surface area contributed by atoms with Crippen molar-refractivity contribution in [3.8, 4) is 0 Å². The lowest BCUT2D eigenvalue weighted by molar-refractivity contribution is -0.138. The van der Waals surface area contributed by atoms with E-state index in [2.05, 4.69) is 5.32 Å². The van der Waals surface area contributed by atoms with Gasteiger partial charge in [0, 0.05) is 21.8 Å². The van der Waals surface area contributed by atoms with Gasteiger partial charge in [-0.1, -0.05) is 40.9 Å². The first-order valence-corrected chi connectivity index (χ1v) is 9.61. The second kappa shape index (κ2) is 8.90. The number of benzene rings is 2. The third-order valence-corrected chi connectivity index (χ3v) is 5.25. The highest BCUT2D eigenvalue weighted by Crippen LogP contribution is 2.31. The molecule has 0 atom stereocenters. The second-order valence-electron chi connectivity index (χ2n) is 6.35. The molecule has 0 aliphatic rings. The molecule has 1 amide bonds. The molecule has 1 N–H and O–H groups in total. The van der Waals surface area contributed by atoms with Crippen molar-refractivity contribution in [3.05, 3.63) is 96.6 Å². The van der Waals surface area contributed by atoms with Gasteiger partial charge in [0.2, 0.25) is 0 Å². The molecule has 3 rings (SSSR count). The van der Waals surface area contributed by atoms with Gasteiger partial charge in [0.1, 0.15) is 11.5 Å². The van der Waals surface area contributed by atoms with Crippen LogP contribution in [0.1, 0.15) is 21.5 Å². The molecule has 0 radical (unpaired) electrons. The number of hydrogen-bond donors (Lipinski definition) is 1. The Morgan fingerprint density at radius 1 is 1.00 bits per heavy atom. The molecule has 4 nitrogen and oxygen atoms in total. The van der Waals surface area contributed by atoms with Gasteiger partial charge in [0.25, 0.3) is 11.5 Å². The first-order chi connectivity index (χ1) is 14.5. The molecule has 0 bridgehead atoms. The summed E-state index contributed by atoms with van der Waals surface area (Å²) in [5.41, 5.74) is -2.76. The Hall–Kier alpha value is -2.55. The van der Waals surface area contributed by atoms with Gasteiger partial charge in [-0.3, -0.25) is 9.59 Å². The summed E-state index contributed by atoms with van der Waals surface area (Å²) in [6.45, 7) is -0.374. The van der Waals surface area contributed by atoms with E-state index in [4.69, 9.17) is 34.8 Å². The van der Waals surface area contributed by atoms with Crippen molar-refractivity contribution >= 4 is 46.4 Å². The monoisotopic (exact) mass is 492 g/mol. The van der Waals surface area contributed by atoms with E-state index in [0.717, 1.165) is 22.8 Å². The molecule has 0 spiro atoms. The van der Waals surface area contributed by atoms with Gasteiger partial charge in [0.05, 0.1) is 22.7 Å². The van der Waals surface area contributed by atoms with Crippen molar-refractivity contribution in [1.29, 1.82) is 0 Å². The summed E-state index contributed by atoms with van der Waals surface area (Å²) in [6.07, 6.45) is -4.21. The van der Waals surface area contributed by atoms with Crippen LogP contribution in [0.25, 0.3) is 0 Å². The Kier molecular flexibility index (Phi) is 6.64. The van der Waals surface area contributed by atoms with Gasteiger partial charge >= 0.3 is 6.18 Å². The number of carbonyl (C=O) groups is 1. The Morgan fingerprint density at radius 3 is 2.23 bits per heavy atom. The Bertz CT molecular complexity index is 1210. The van der Waals surface area contributed by atoms with E-state index >= 15 is 0 Å². The zero-order valence-corrected chi connectivity index (χ0v) is 17.5. The van der Waals surface area contributed by atoms with Crippen molar-refractivity contribution in [2.24, 2.45) is 0 Å². The SMILES string of the molecule is O=C(Nc1cc(C(F)(F)F)cn(Cc2c(Cl)cccc2Cl)c1=O)c1ccc(F)cc1Cl. The fourth-order valence-corrected chi connectivity index (χ4v) is 3.48. The molecular weight excluding hydrogens is 483 g/mol. The van der Waals surface area contributed by atoms with Crippen LogP contribution >= 0.6 is 34.8 Å². The van der Waals surface area contributed by atoms with E-state index in [9.17, 15) is 27.2 Å². The average molecular weight is 494 g/mol. The Balaban J connectivity index is 2.07. The number of carbonyl (C=O) groups excluding carboxylic acids is 1. The van der Waals surface area contributed by atoms with Crippen LogP contribution < -0.4 is 10.9 Å². The minimum atomic E-state index is -4.81. The van der Waals surface area contributed by atoms with Crippen LogP contribution in [0.2, 0.25) is 15.1 Å². The van der Waals surface area contributed by atoms with Crippen LogP contribution in [0.4, 0.5) is 23.2 Å². The zero-order chi connectivity index (χ0) is 22.9. The maximum Gasteiger partial charge on any atom is 0.417 e. The highest BCUT2D eigenvalue weighted by Gasteiger charge is 2.32. The third-order valence-electron chi connectivity index (χ3n) is 4.23. The van der Waals surface area contributed by atoms with Crippen LogP contribution in [0.5, 0.6) is 0 Å². The average Bonchev–Trinajstić information content (AvgIpc) is 2.66. The van der Waals surface area contributed by atoms with Gasteiger partial charge in [0.15, 0.2) is 0 Å². The number of pyridine rings is 1. The molecule has 1 heterocycles. The number of nitrogens with one attached hydrogen (secondary N) is 1. The second-order valence-corrected chi connectivity index (χ2v) is 7.57. The molecule has 0 saturated carbocycles. The van der Waals surface area contributed by atoms with Crippen molar-refractivity contribution in [2.75, 3.05) is 5.32 Å². The molecule has 2 aromatic carbocycles. The molecule has 0 aliphatic carbocycles. The van der Waals surface area contributed by atoms with E-state index < -0.39 is 34.7 Å². The first-order valence-electron chi connectivity index (χ1n) is 8.48. The molecule has 162 valence electrons. The Morgan fingerprint density at radius 2 is 1.65 bits per heavy atom. The molecule has 1 aromatic heterocycles. The maximum atomic E-state index is 13.4. The van der Waals surface area contributed by atoms with E-state index in [1.165, 1.54) is 12.1 Å². The molecule has 3 aromatic rings. The van der Waals surface area contributed by atoms with E-state index in [1.54, 1.807) is 6.07 Å². The molecular formula is C20H11Cl3F4N2O2. The first kappa shape index (κ1) is 23.1. The van der Waals surface area contributed by atoms with Crippen LogP contribution in [0.3, 0.4) is 0 Å². The van der Waals surface area contributed by atoms with Gasteiger partial charge < -0.3 is 9.88 Å². The highest BCUT2D eigenvalue weighted by molar-refractivity contribution is 6.36. The van der Waals surface area contributed by atoms with Crippen molar-refractivity contribution in [2.45, 2.75) is 12.7 Å². The van der Waals surface area contributed by atoms with Crippen LogP contribution in [-0.2, 0) is 12.7 Å². The van der Waals surface area contributed by atoms with Gasteiger partial charge in [-0.25, -0.2) is 4.39 Å². The van der Waals surface area contributed by atoms with Crippen molar-refractivity contribution in [1.82, 2.24) is 4.57 Å². The number of amides is 1. The van der Waals surface area contributed by atoms with Crippen LogP contribution in [-0.4, -0.2) is 10.5 Å². The standard InChI is InChI=1S/C20H11Cl3F4N2O2/c21-14-2-1-3-15(22)13(14)9-29-8-10(20(25,26)27)6-17(19(29)31)28-18(30)12-5-4-11(24)7-16(12)23/h1-8H,9H2,(H,28,30). The fourth-order valence-electron chi connectivity index (χ4n) is 2.71. The topological polar surface area (TPSA) is 51.1 Å². The fraction of sp³-hybridized carbons (Fsp3) is 0.100. The normalized spacial score (nSPS) is 11.5. The molecule has 31 heavy (non-hydrogen) atoms. The quantitative estimate of drug-likeness (QED) is 0.436. The Labute approximate surface area is 188 Å². The number of halogens is 7. The predicted octanol–water partition coefficient (Wildman–Crippen LogP) is 6.27. The lowest BCUT2D eigenvalue weighted by atomic mass is 10.1. The third kappa shape index (κ3) is 5.20. The maximum absolute atomic E-state index is 13.4. The number of anilines is 1. The molecule has 0 aliphatic heterocycles. The largest absolute Gasteiger partial charge is 0.417 e. The number of aromatic nitrogens is 1. The smallest absolute Gasteiger partial charge is 0.317 e. The summed E-state index contributed by atoms with van der Waals surface area (Å²) < 4.78 is 54.1. The summed E-state index contributed by atoms with van der Waals surface area (Å²) in [6, 6.07) is 7.85. The van der Waals surface area contributed by atoms with Gasteiger partial charge in [-0.2, -0.15) is 13.2 Å². The van der Waals surface area contributed by atoms with Gasteiger partial charge in [-0.15, -0.1) is 0 Å². The number of nitrogens with zero attached hydrogens (tertiary/aromatic N) is 1. The summed E-state index contributed by atoms with van der Waals surface area (Å²) in [5, 5.41) is 2.15. The predicted molar refractivity (Wildman–Crippen MR) is 111 cm³/mol. The minimum Gasteiger partial charge on any atom is -0.317 e. The lowest BCUT2D eigenvalue weighted by Gasteiger charge is -2.16.